The van der Waals surface area contributed by atoms with Crippen LogP contribution in [0.2, 0.25) is 5.02 Å². The lowest BCUT2D eigenvalue weighted by atomic mass is 10.2. The molecule has 0 radical (unpaired) electrons. The summed E-state index contributed by atoms with van der Waals surface area (Å²) < 4.78 is 17.5. The number of aromatic nitrogens is 4. The lowest BCUT2D eigenvalue weighted by Crippen LogP contribution is -2.11. The fraction of sp³-hybridized carbons (Fsp3) is 0. The highest BCUT2D eigenvalue weighted by atomic mass is 35.5. The number of nitrogens with zero attached hydrogens (tertiary/aromatic N) is 4. The molecular weight excluding hydrogens is 415 g/mol. The van der Waals surface area contributed by atoms with Gasteiger partial charge in [0.05, 0.1) is 5.02 Å². The van der Waals surface area contributed by atoms with E-state index in [0.29, 0.717) is 27.9 Å². The molecule has 144 valence electrons. The maximum atomic E-state index is 13.3. The number of carbonyl (C=O) groups is 1. The van der Waals surface area contributed by atoms with E-state index in [1.165, 1.54) is 24.5 Å². The Hall–Kier alpha value is -3.43. The lowest BCUT2D eigenvalue weighted by Gasteiger charge is -2.06. The molecule has 0 atom stereocenters. The smallest absolute Gasteiger partial charge is 0.257 e. The molecule has 4 rings (SSSR count). The third-order valence-electron chi connectivity index (χ3n) is 3.83. The molecule has 1 amide bonds. The van der Waals surface area contributed by atoms with E-state index < -0.39 is 5.82 Å². The van der Waals surface area contributed by atoms with Gasteiger partial charge in [-0.3, -0.25) is 10.1 Å². The van der Waals surface area contributed by atoms with Crippen LogP contribution in [0.4, 0.5) is 21.0 Å². The molecule has 0 fully saturated rings. The number of halogens is 2. The Labute approximate surface area is 173 Å². The zero-order valence-corrected chi connectivity index (χ0v) is 16.2. The van der Waals surface area contributed by atoms with E-state index in [0.717, 1.165) is 17.2 Å². The first-order valence-electron chi connectivity index (χ1n) is 8.32. The summed E-state index contributed by atoms with van der Waals surface area (Å²) >= 11 is 6.82. The van der Waals surface area contributed by atoms with Gasteiger partial charge < -0.3 is 5.32 Å². The molecule has 0 aliphatic carbocycles. The minimum absolute atomic E-state index is 0.0152. The second-order valence-electron chi connectivity index (χ2n) is 5.80. The van der Waals surface area contributed by atoms with Crippen molar-refractivity contribution < 1.29 is 9.18 Å². The van der Waals surface area contributed by atoms with Crippen molar-refractivity contribution in [1.82, 2.24) is 19.3 Å². The van der Waals surface area contributed by atoms with Crippen LogP contribution in [0.5, 0.6) is 0 Å². The molecule has 2 aromatic heterocycles. The first-order chi connectivity index (χ1) is 14.1. The number of anilines is 3. The van der Waals surface area contributed by atoms with E-state index in [1.807, 2.05) is 0 Å². The summed E-state index contributed by atoms with van der Waals surface area (Å²) in [5, 5.41) is 6.12. The maximum Gasteiger partial charge on any atom is 0.257 e. The number of rotatable bonds is 5. The summed E-state index contributed by atoms with van der Waals surface area (Å²) in [7, 11) is 0. The fourth-order valence-electron chi connectivity index (χ4n) is 2.41. The Morgan fingerprint density at radius 2 is 1.93 bits per heavy atom. The van der Waals surface area contributed by atoms with E-state index in [9.17, 15) is 9.18 Å². The maximum absolute atomic E-state index is 13.3. The quantitative estimate of drug-likeness (QED) is 0.477. The average Bonchev–Trinajstić information content (AvgIpc) is 3.20. The van der Waals surface area contributed by atoms with Crippen molar-refractivity contribution in [1.29, 1.82) is 0 Å². The number of hydrogen-bond acceptors (Lipinski definition) is 7. The molecule has 0 unspecified atom stereocenters. The van der Waals surface area contributed by atoms with Crippen LogP contribution >= 0.6 is 23.1 Å². The number of carbonyl (C=O) groups excluding carboxylic acids is 1. The molecular formula is C19H12ClFN6OS. The molecule has 0 aliphatic heterocycles. The van der Waals surface area contributed by atoms with Gasteiger partial charge in [0.15, 0.2) is 5.82 Å². The summed E-state index contributed by atoms with van der Waals surface area (Å²) in [6, 6.07) is 12.8. The molecule has 4 aromatic rings. The van der Waals surface area contributed by atoms with Crippen LogP contribution < -0.4 is 10.6 Å². The molecule has 0 spiro atoms. The predicted molar refractivity (Wildman–Crippen MR) is 110 cm³/mol. The lowest BCUT2D eigenvalue weighted by molar-refractivity contribution is 0.102. The Bertz CT molecular complexity index is 1150. The summed E-state index contributed by atoms with van der Waals surface area (Å²) in [4.78, 5) is 24.6. The van der Waals surface area contributed by atoms with Gasteiger partial charge in [-0.15, -0.1) is 0 Å². The Balaban J connectivity index is 1.43. The van der Waals surface area contributed by atoms with Crippen molar-refractivity contribution in [3.05, 3.63) is 77.5 Å². The molecule has 0 bridgehead atoms. The molecule has 0 aliphatic rings. The Kier molecular flexibility index (Phi) is 5.41. The molecule has 2 N–H and O–H groups in total. The van der Waals surface area contributed by atoms with Crippen molar-refractivity contribution in [2.75, 3.05) is 10.6 Å². The van der Waals surface area contributed by atoms with E-state index in [4.69, 9.17) is 11.6 Å². The number of amides is 1. The van der Waals surface area contributed by atoms with Gasteiger partial charge in [0, 0.05) is 34.5 Å². The molecule has 7 nitrogen and oxygen atoms in total. The van der Waals surface area contributed by atoms with Gasteiger partial charge in [-0.2, -0.15) is 9.36 Å². The van der Waals surface area contributed by atoms with Crippen LogP contribution in [0.25, 0.3) is 11.4 Å². The summed E-state index contributed by atoms with van der Waals surface area (Å²) in [5.41, 5.74) is 1.81. The standard InChI is InChI=1S/C19H12ClFN6OS/c20-14-9-12(3-6-15(14)21)17-25-19(29-27-17)26-18(28)11-1-4-13(5-2-11)24-16-7-8-22-10-23-16/h1-10H,(H,22,23,24)(H,25,26,27,28). The van der Waals surface area contributed by atoms with Crippen LogP contribution in [-0.2, 0) is 0 Å². The van der Waals surface area contributed by atoms with E-state index in [-0.39, 0.29) is 10.9 Å². The van der Waals surface area contributed by atoms with Crippen LogP contribution in [0.3, 0.4) is 0 Å². The first kappa shape index (κ1) is 18.9. The first-order valence-corrected chi connectivity index (χ1v) is 9.47. The SMILES string of the molecule is O=C(Nc1nc(-c2ccc(F)c(Cl)c2)ns1)c1ccc(Nc2ccncn2)cc1. The van der Waals surface area contributed by atoms with Crippen LogP contribution in [0.1, 0.15) is 10.4 Å². The molecule has 29 heavy (non-hydrogen) atoms. The van der Waals surface area contributed by atoms with Crippen LogP contribution in [-0.4, -0.2) is 25.2 Å². The minimum atomic E-state index is -0.517. The Morgan fingerprint density at radius 1 is 1.10 bits per heavy atom. The molecule has 2 heterocycles. The Morgan fingerprint density at radius 3 is 2.66 bits per heavy atom. The molecule has 2 aromatic carbocycles. The van der Waals surface area contributed by atoms with Gasteiger partial charge in [0.2, 0.25) is 5.13 Å². The zero-order chi connectivity index (χ0) is 20.2. The summed E-state index contributed by atoms with van der Waals surface area (Å²) in [5.74, 6) is 0.173. The zero-order valence-electron chi connectivity index (χ0n) is 14.6. The highest BCUT2D eigenvalue weighted by Gasteiger charge is 2.12. The predicted octanol–water partition coefficient (Wildman–Crippen LogP) is 4.78. The second-order valence-corrected chi connectivity index (χ2v) is 6.96. The minimum Gasteiger partial charge on any atom is -0.340 e. The van der Waals surface area contributed by atoms with Crippen molar-refractivity contribution in [2.24, 2.45) is 0 Å². The fourth-order valence-corrected chi connectivity index (χ4v) is 3.18. The number of benzene rings is 2. The van der Waals surface area contributed by atoms with Gasteiger partial charge in [-0.05, 0) is 48.5 Å². The summed E-state index contributed by atoms with van der Waals surface area (Å²) in [6.45, 7) is 0. The van der Waals surface area contributed by atoms with Gasteiger partial charge in [0.1, 0.15) is 18.0 Å². The van der Waals surface area contributed by atoms with Crippen molar-refractivity contribution in [3.63, 3.8) is 0 Å². The highest BCUT2D eigenvalue weighted by molar-refractivity contribution is 7.10. The van der Waals surface area contributed by atoms with Gasteiger partial charge >= 0.3 is 0 Å². The van der Waals surface area contributed by atoms with Crippen molar-refractivity contribution >= 4 is 45.7 Å². The molecule has 0 saturated carbocycles. The molecule has 0 saturated heterocycles. The second kappa shape index (κ2) is 8.29. The van der Waals surface area contributed by atoms with Crippen molar-refractivity contribution in [2.45, 2.75) is 0 Å². The third kappa shape index (κ3) is 4.53. The largest absolute Gasteiger partial charge is 0.340 e. The van der Waals surface area contributed by atoms with Gasteiger partial charge in [0.25, 0.3) is 5.91 Å². The van der Waals surface area contributed by atoms with Crippen LogP contribution in [0, 0.1) is 5.82 Å². The normalized spacial score (nSPS) is 10.6. The van der Waals surface area contributed by atoms with E-state index in [1.54, 1.807) is 36.5 Å². The number of nitrogens with one attached hydrogen (secondary N) is 2. The van der Waals surface area contributed by atoms with Gasteiger partial charge in [-0.1, -0.05) is 11.6 Å². The average molecular weight is 427 g/mol. The third-order valence-corrected chi connectivity index (χ3v) is 4.75. The van der Waals surface area contributed by atoms with Crippen LogP contribution in [0.15, 0.2) is 61.1 Å². The molecule has 10 heteroatoms. The van der Waals surface area contributed by atoms with E-state index in [2.05, 4.69) is 30.0 Å². The summed E-state index contributed by atoms with van der Waals surface area (Å²) in [6.07, 6.45) is 3.08. The van der Waals surface area contributed by atoms with Gasteiger partial charge in [-0.25, -0.2) is 14.4 Å². The topological polar surface area (TPSA) is 92.7 Å². The highest BCUT2D eigenvalue weighted by Crippen LogP contribution is 2.25. The van der Waals surface area contributed by atoms with Crippen molar-refractivity contribution in [3.8, 4) is 11.4 Å². The number of hydrogen-bond donors (Lipinski definition) is 2. The van der Waals surface area contributed by atoms with E-state index >= 15 is 0 Å². The monoisotopic (exact) mass is 426 g/mol.